The monoisotopic (exact) mass is 277 g/mol. The number of rotatable bonds is 2. The van der Waals surface area contributed by atoms with Crippen molar-refractivity contribution < 1.29 is 13.5 Å². The summed E-state index contributed by atoms with van der Waals surface area (Å²) >= 11 is 0. The molecule has 0 aliphatic carbocycles. The van der Waals surface area contributed by atoms with E-state index in [0.29, 0.717) is 6.42 Å². The summed E-state index contributed by atoms with van der Waals surface area (Å²) in [5.41, 5.74) is 1.64. The zero-order valence-corrected chi connectivity index (χ0v) is 11.2. The van der Waals surface area contributed by atoms with Crippen molar-refractivity contribution in [3.63, 3.8) is 0 Å². The Hall–Kier alpha value is -1.46. The molecule has 5 heteroatoms. The highest BCUT2D eigenvalue weighted by Crippen LogP contribution is 2.32. The van der Waals surface area contributed by atoms with Crippen LogP contribution >= 0.6 is 0 Å². The molecule has 0 spiro atoms. The van der Waals surface area contributed by atoms with Gasteiger partial charge in [-0.2, -0.15) is 0 Å². The molecule has 0 amide bonds. The second kappa shape index (κ2) is 4.58. The molecule has 100 valence electrons. The van der Waals surface area contributed by atoms with Gasteiger partial charge in [0.2, 0.25) is 0 Å². The number of aliphatic hydroxyl groups is 1. The number of hydrogen-bond donors (Lipinski definition) is 1. The molecule has 19 heavy (non-hydrogen) atoms. The number of pyridine rings is 1. The summed E-state index contributed by atoms with van der Waals surface area (Å²) in [4.78, 5) is 4.22. The predicted molar refractivity (Wildman–Crippen MR) is 73.5 cm³/mol. The van der Waals surface area contributed by atoms with Crippen LogP contribution in [0.15, 0.2) is 36.5 Å². The first-order valence-corrected chi connectivity index (χ1v) is 8.10. The maximum Gasteiger partial charge on any atom is 0.150 e. The summed E-state index contributed by atoms with van der Waals surface area (Å²) in [6, 6.07) is 9.35. The van der Waals surface area contributed by atoms with E-state index < -0.39 is 15.9 Å². The van der Waals surface area contributed by atoms with Crippen molar-refractivity contribution in [1.29, 1.82) is 0 Å². The van der Waals surface area contributed by atoms with Crippen LogP contribution in [0, 0.1) is 5.92 Å². The molecule has 1 aliphatic rings. The van der Waals surface area contributed by atoms with E-state index in [-0.39, 0.29) is 17.4 Å². The Morgan fingerprint density at radius 3 is 2.89 bits per heavy atom. The summed E-state index contributed by atoms with van der Waals surface area (Å²) in [6.45, 7) is 0. The maximum atomic E-state index is 11.5. The first-order valence-electron chi connectivity index (χ1n) is 6.28. The third kappa shape index (κ3) is 2.48. The van der Waals surface area contributed by atoms with Gasteiger partial charge in [-0.25, -0.2) is 8.42 Å². The van der Waals surface area contributed by atoms with Crippen LogP contribution in [0.2, 0.25) is 0 Å². The molecular formula is C14H15NO3S. The van der Waals surface area contributed by atoms with Gasteiger partial charge in [-0.05, 0) is 30.2 Å². The average Bonchev–Trinajstić information content (AvgIpc) is 2.78. The average molecular weight is 277 g/mol. The number of aromatic nitrogens is 1. The van der Waals surface area contributed by atoms with Crippen LogP contribution in [0.25, 0.3) is 10.9 Å². The lowest BCUT2D eigenvalue weighted by Gasteiger charge is -2.17. The number of sulfone groups is 1. The third-order valence-electron chi connectivity index (χ3n) is 3.68. The standard InChI is InChI=1S/C14H15NO3S/c16-14(12-5-7-19(17,18)9-12)11-3-4-13-10(8-11)2-1-6-15-13/h1-4,6,8,12,14,16H,5,7,9H2. The molecule has 1 aromatic heterocycles. The SMILES string of the molecule is O=S1(=O)CCC(C(O)c2ccc3ncccc3c2)C1. The van der Waals surface area contributed by atoms with Gasteiger partial charge < -0.3 is 5.11 Å². The highest BCUT2D eigenvalue weighted by molar-refractivity contribution is 7.91. The summed E-state index contributed by atoms with van der Waals surface area (Å²) < 4.78 is 22.9. The number of nitrogens with zero attached hydrogens (tertiary/aromatic N) is 1. The number of aliphatic hydroxyl groups excluding tert-OH is 1. The van der Waals surface area contributed by atoms with Crippen molar-refractivity contribution in [2.24, 2.45) is 5.92 Å². The molecule has 0 bridgehead atoms. The Bertz CT molecular complexity index is 711. The minimum Gasteiger partial charge on any atom is -0.388 e. The molecule has 0 saturated carbocycles. The van der Waals surface area contributed by atoms with Crippen LogP contribution in [-0.2, 0) is 9.84 Å². The molecule has 2 aromatic rings. The van der Waals surface area contributed by atoms with Crippen LogP contribution in [-0.4, -0.2) is 30.0 Å². The van der Waals surface area contributed by atoms with Crippen LogP contribution < -0.4 is 0 Å². The van der Waals surface area contributed by atoms with Gasteiger partial charge in [-0.3, -0.25) is 4.98 Å². The summed E-state index contributed by atoms with van der Waals surface area (Å²) in [6.07, 6.45) is 1.54. The van der Waals surface area contributed by atoms with Crippen molar-refractivity contribution in [3.05, 3.63) is 42.1 Å². The molecular weight excluding hydrogens is 262 g/mol. The fraction of sp³-hybridized carbons (Fsp3) is 0.357. The molecule has 1 N–H and O–H groups in total. The molecule has 3 rings (SSSR count). The van der Waals surface area contributed by atoms with E-state index in [1.807, 2.05) is 30.3 Å². The van der Waals surface area contributed by atoms with Gasteiger partial charge in [0.25, 0.3) is 0 Å². The zero-order chi connectivity index (χ0) is 13.5. The lowest BCUT2D eigenvalue weighted by molar-refractivity contribution is 0.121. The Labute approximate surface area is 112 Å². The van der Waals surface area contributed by atoms with Gasteiger partial charge in [0.1, 0.15) is 0 Å². The van der Waals surface area contributed by atoms with Crippen molar-refractivity contribution >= 4 is 20.7 Å². The quantitative estimate of drug-likeness (QED) is 0.907. The second-order valence-corrected chi connectivity index (χ2v) is 7.29. The lowest BCUT2D eigenvalue weighted by Crippen LogP contribution is -2.14. The molecule has 1 aliphatic heterocycles. The largest absolute Gasteiger partial charge is 0.388 e. The fourth-order valence-electron chi connectivity index (χ4n) is 2.62. The molecule has 0 radical (unpaired) electrons. The predicted octanol–water partition coefficient (Wildman–Crippen LogP) is 1.70. The van der Waals surface area contributed by atoms with E-state index in [1.54, 1.807) is 6.20 Å². The van der Waals surface area contributed by atoms with Crippen molar-refractivity contribution in [2.45, 2.75) is 12.5 Å². The number of hydrogen-bond acceptors (Lipinski definition) is 4. The van der Waals surface area contributed by atoms with E-state index >= 15 is 0 Å². The van der Waals surface area contributed by atoms with Crippen LogP contribution in [0.3, 0.4) is 0 Å². The lowest BCUT2D eigenvalue weighted by atomic mass is 9.94. The van der Waals surface area contributed by atoms with Gasteiger partial charge in [-0.1, -0.05) is 12.1 Å². The Morgan fingerprint density at radius 1 is 1.32 bits per heavy atom. The second-order valence-electron chi connectivity index (χ2n) is 5.06. The van der Waals surface area contributed by atoms with E-state index in [0.717, 1.165) is 16.5 Å². The Morgan fingerprint density at radius 2 is 2.16 bits per heavy atom. The van der Waals surface area contributed by atoms with E-state index in [9.17, 15) is 13.5 Å². The maximum absolute atomic E-state index is 11.5. The molecule has 1 fully saturated rings. The minimum atomic E-state index is -2.96. The van der Waals surface area contributed by atoms with E-state index in [2.05, 4.69) is 4.98 Å². The summed E-state index contributed by atoms with van der Waals surface area (Å²) in [5, 5.41) is 11.3. The van der Waals surface area contributed by atoms with Crippen LogP contribution in [0.5, 0.6) is 0 Å². The molecule has 1 aromatic carbocycles. The van der Waals surface area contributed by atoms with Gasteiger partial charge in [0.15, 0.2) is 9.84 Å². The van der Waals surface area contributed by atoms with Gasteiger partial charge in [-0.15, -0.1) is 0 Å². The summed E-state index contributed by atoms with van der Waals surface area (Å²) in [5.74, 6) is 0.0717. The topological polar surface area (TPSA) is 67.3 Å². The molecule has 4 nitrogen and oxygen atoms in total. The highest BCUT2D eigenvalue weighted by Gasteiger charge is 2.33. The number of benzene rings is 1. The fourth-order valence-corrected chi connectivity index (χ4v) is 4.45. The van der Waals surface area contributed by atoms with E-state index in [4.69, 9.17) is 0 Å². The van der Waals surface area contributed by atoms with Crippen molar-refractivity contribution in [1.82, 2.24) is 4.98 Å². The molecule has 2 atom stereocenters. The first kappa shape index (κ1) is 12.6. The molecule has 2 heterocycles. The Balaban J connectivity index is 1.91. The van der Waals surface area contributed by atoms with E-state index in [1.165, 1.54) is 0 Å². The van der Waals surface area contributed by atoms with Gasteiger partial charge in [0, 0.05) is 17.5 Å². The van der Waals surface area contributed by atoms with Crippen LogP contribution in [0.1, 0.15) is 18.1 Å². The smallest absolute Gasteiger partial charge is 0.150 e. The Kier molecular flexibility index (Phi) is 3.03. The first-order chi connectivity index (χ1) is 9.05. The minimum absolute atomic E-state index is 0.0826. The van der Waals surface area contributed by atoms with Gasteiger partial charge in [0.05, 0.1) is 23.1 Å². The molecule has 2 unspecified atom stereocenters. The van der Waals surface area contributed by atoms with Crippen molar-refractivity contribution in [2.75, 3.05) is 11.5 Å². The number of fused-ring (bicyclic) bond motifs is 1. The van der Waals surface area contributed by atoms with Crippen molar-refractivity contribution in [3.8, 4) is 0 Å². The van der Waals surface area contributed by atoms with Gasteiger partial charge >= 0.3 is 0 Å². The summed E-state index contributed by atoms with van der Waals surface area (Å²) in [7, 11) is -2.96. The highest BCUT2D eigenvalue weighted by atomic mass is 32.2. The normalized spacial score (nSPS) is 23.5. The zero-order valence-electron chi connectivity index (χ0n) is 10.4. The van der Waals surface area contributed by atoms with Crippen LogP contribution in [0.4, 0.5) is 0 Å². The molecule has 1 saturated heterocycles. The third-order valence-corrected chi connectivity index (χ3v) is 5.48.